The Morgan fingerprint density at radius 3 is 2.62 bits per heavy atom. The molecule has 1 fully saturated rings. The van der Waals surface area contributed by atoms with E-state index in [9.17, 15) is 4.79 Å². The fraction of sp³-hybridized carbons (Fsp3) is 0.533. The highest BCUT2D eigenvalue weighted by Crippen LogP contribution is 2.34. The molecule has 0 heterocycles. The summed E-state index contributed by atoms with van der Waals surface area (Å²) in [5.74, 6) is 0.702. The summed E-state index contributed by atoms with van der Waals surface area (Å²) < 4.78 is 0. The van der Waals surface area contributed by atoms with Gasteiger partial charge in [-0.25, -0.2) is 0 Å². The standard InChI is InChI=1S/C15H20O/c1-12-6-5-9-14(10-12)15(11-16)13-7-3-2-4-8-13/h5-6,9-11,13,15H,2-4,7-8H2,1H3. The summed E-state index contributed by atoms with van der Waals surface area (Å²) in [6, 6.07) is 8.41. The molecule has 0 saturated heterocycles. The highest BCUT2D eigenvalue weighted by Gasteiger charge is 2.24. The van der Waals surface area contributed by atoms with E-state index in [1.165, 1.54) is 43.2 Å². The van der Waals surface area contributed by atoms with E-state index in [2.05, 4.69) is 31.2 Å². The highest BCUT2D eigenvalue weighted by molar-refractivity contribution is 5.63. The highest BCUT2D eigenvalue weighted by atomic mass is 16.1. The third kappa shape index (κ3) is 2.52. The van der Waals surface area contributed by atoms with Crippen LogP contribution in [0.25, 0.3) is 0 Å². The van der Waals surface area contributed by atoms with Crippen LogP contribution in [0, 0.1) is 12.8 Å². The van der Waals surface area contributed by atoms with Crippen LogP contribution in [0.3, 0.4) is 0 Å². The van der Waals surface area contributed by atoms with Crippen molar-refractivity contribution in [2.75, 3.05) is 0 Å². The molecular weight excluding hydrogens is 196 g/mol. The predicted molar refractivity (Wildman–Crippen MR) is 66.6 cm³/mol. The average molecular weight is 216 g/mol. The maximum Gasteiger partial charge on any atom is 0.127 e. The Morgan fingerprint density at radius 2 is 2.00 bits per heavy atom. The summed E-state index contributed by atoms with van der Waals surface area (Å²) in [7, 11) is 0. The molecule has 1 heteroatoms. The Bertz CT molecular complexity index is 350. The van der Waals surface area contributed by atoms with Crippen molar-refractivity contribution in [1.82, 2.24) is 0 Å². The largest absolute Gasteiger partial charge is 0.303 e. The van der Waals surface area contributed by atoms with Crippen molar-refractivity contribution >= 4 is 6.29 Å². The predicted octanol–water partition coefficient (Wildman–Crippen LogP) is 3.86. The SMILES string of the molecule is Cc1cccc(C(C=O)C2CCCCC2)c1. The van der Waals surface area contributed by atoms with Crippen LogP contribution in [0.15, 0.2) is 24.3 Å². The first-order valence-corrected chi connectivity index (χ1v) is 6.33. The molecule has 1 aromatic rings. The molecule has 1 aliphatic rings. The third-order valence-electron chi connectivity index (χ3n) is 3.73. The van der Waals surface area contributed by atoms with Gasteiger partial charge in [-0.3, -0.25) is 0 Å². The first-order valence-electron chi connectivity index (χ1n) is 6.33. The zero-order chi connectivity index (χ0) is 11.4. The lowest BCUT2D eigenvalue weighted by atomic mass is 9.77. The smallest absolute Gasteiger partial charge is 0.127 e. The van der Waals surface area contributed by atoms with Crippen molar-refractivity contribution in [3.05, 3.63) is 35.4 Å². The first kappa shape index (κ1) is 11.4. The van der Waals surface area contributed by atoms with Gasteiger partial charge >= 0.3 is 0 Å². The molecule has 0 spiro atoms. The van der Waals surface area contributed by atoms with Crippen molar-refractivity contribution in [1.29, 1.82) is 0 Å². The van der Waals surface area contributed by atoms with Gasteiger partial charge in [-0.1, -0.05) is 49.1 Å². The number of benzene rings is 1. The van der Waals surface area contributed by atoms with E-state index < -0.39 is 0 Å². The number of rotatable bonds is 3. The Morgan fingerprint density at radius 1 is 1.25 bits per heavy atom. The summed E-state index contributed by atoms with van der Waals surface area (Å²) in [4.78, 5) is 11.3. The molecule has 0 aromatic heterocycles. The molecule has 1 saturated carbocycles. The van der Waals surface area contributed by atoms with Crippen molar-refractivity contribution in [2.24, 2.45) is 5.92 Å². The number of carbonyl (C=O) groups is 1. The second-order valence-electron chi connectivity index (χ2n) is 4.97. The van der Waals surface area contributed by atoms with Gasteiger partial charge in [0.25, 0.3) is 0 Å². The third-order valence-corrected chi connectivity index (χ3v) is 3.73. The van der Waals surface area contributed by atoms with E-state index in [0.29, 0.717) is 5.92 Å². The van der Waals surface area contributed by atoms with Crippen LogP contribution in [-0.4, -0.2) is 6.29 Å². The van der Waals surface area contributed by atoms with Crippen LogP contribution in [0.4, 0.5) is 0 Å². The number of hydrogen-bond acceptors (Lipinski definition) is 1. The fourth-order valence-electron chi connectivity index (χ4n) is 2.83. The Kier molecular flexibility index (Phi) is 3.76. The van der Waals surface area contributed by atoms with Gasteiger partial charge in [-0.15, -0.1) is 0 Å². The van der Waals surface area contributed by atoms with Gasteiger partial charge in [0.1, 0.15) is 6.29 Å². The molecule has 1 aliphatic carbocycles. The van der Waals surface area contributed by atoms with Crippen molar-refractivity contribution in [3.8, 4) is 0 Å². The monoisotopic (exact) mass is 216 g/mol. The molecule has 1 aromatic carbocycles. The molecule has 1 unspecified atom stereocenters. The van der Waals surface area contributed by atoms with E-state index in [0.717, 1.165) is 6.29 Å². The summed E-state index contributed by atoms with van der Waals surface area (Å²) in [5, 5.41) is 0. The zero-order valence-corrected chi connectivity index (χ0v) is 9.99. The van der Waals surface area contributed by atoms with Crippen molar-refractivity contribution in [2.45, 2.75) is 44.9 Å². The number of hydrogen-bond donors (Lipinski definition) is 0. The zero-order valence-electron chi connectivity index (χ0n) is 9.99. The van der Waals surface area contributed by atoms with Crippen LogP contribution in [0.1, 0.15) is 49.1 Å². The van der Waals surface area contributed by atoms with Crippen LogP contribution in [0.5, 0.6) is 0 Å². The summed E-state index contributed by atoms with van der Waals surface area (Å²) in [6.07, 6.45) is 7.52. The van der Waals surface area contributed by atoms with Crippen LogP contribution >= 0.6 is 0 Å². The molecule has 0 bridgehead atoms. The van der Waals surface area contributed by atoms with Crippen molar-refractivity contribution < 1.29 is 4.79 Å². The van der Waals surface area contributed by atoms with Gasteiger partial charge in [-0.2, -0.15) is 0 Å². The van der Waals surface area contributed by atoms with E-state index in [1.807, 2.05) is 0 Å². The molecule has 0 radical (unpaired) electrons. The second kappa shape index (κ2) is 5.29. The normalized spacial score (nSPS) is 19.3. The van der Waals surface area contributed by atoms with Gasteiger partial charge in [0.15, 0.2) is 0 Å². The van der Waals surface area contributed by atoms with Crippen LogP contribution in [0.2, 0.25) is 0 Å². The Hall–Kier alpha value is -1.11. The van der Waals surface area contributed by atoms with E-state index in [4.69, 9.17) is 0 Å². The maximum atomic E-state index is 11.3. The van der Waals surface area contributed by atoms with E-state index in [-0.39, 0.29) is 5.92 Å². The van der Waals surface area contributed by atoms with E-state index in [1.54, 1.807) is 0 Å². The molecule has 16 heavy (non-hydrogen) atoms. The van der Waals surface area contributed by atoms with Crippen LogP contribution in [-0.2, 0) is 4.79 Å². The maximum absolute atomic E-state index is 11.3. The minimum absolute atomic E-state index is 0.125. The number of aldehydes is 1. The minimum atomic E-state index is 0.125. The average Bonchev–Trinajstić information content (AvgIpc) is 2.31. The Labute approximate surface area is 97.9 Å². The van der Waals surface area contributed by atoms with Gasteiger partial charge in [-0.05, 0) is 31.2 Å². The molecule has 0 N–H and O–H groups in total. The lowest BCUT2D eigenvalue weighted by Gasteiger charge is -2.27. The fourth-order valence-corrected chi connectivity index (χ4v) is 2.83. The summed E-state index contributed by atoms with van der Waals surface area (Å²) in [6.45, 7) is 2.09. The van der Waals surface area contributed by atoms with Crippen LogP contribution < -0.4 is 0 Å². The van der Waals surface area contributed by atoms with Gasteiger partial charge in [0.05, 0.1) is 0 Å². The molecule has 1 nitrogen and oxygen atoms in total. The van der Waals surface area contributed by atoms with E-state index >= 15 is 0 Å². The lowest BCUT2D eigenvalue weighted by molar-refractivity contribution is -0.110. The topological polar surface area (TPSA) is 17.1 Å². The molecule has 0 aliphatic heterocycles. The van der Waals surface area contributed by atoms with Gasteiger partial charge < -0.3 is 4.79 Å². The first-order chi connectivity index (χ1) is 7.81. The lowest BCUT2D eigenvalue weighted by Crippen LogP contribution is -2.17. The quantitative estimate of drug-likeness (QED) is 0.701. The van der Waals surface area contributed by atoms with Gasteiger partial charge in [0.2, 0.25) is 0 Å². The minimum Gasteiger partial charge on any atom is -0.303 e. The Balaban J connectivity index is 2.17. The molecule has 86 valence electrons. The second-order valence-corrected chi connectivity index (χ2v) is 4.97. The summed E-state index contributed by atoms with van der Waals surface area (Å²) in [5.41, 5.74) is 2.46. The number of aryl methyl sites for hydroxylation is 1. The van der Waals surface area contributed by atoms with Gasteiger partial charge in [0, 0.05) is 5.92 Å². The molecule has 0 amide bonds. The molecule has 2 rings (SSSR count). The molecular formula is C15H20O. The van der Waals surface area contributed by atoms with Crippen molar-refractivity contribution in [3.63, 3.8) is 0 Å². The summed E-state index contributed by atoms with van der Waals surface area (Å²) >= 11 is 0. The molecule has 1 atom stereocenters. The number of carbonyl (C=O) groups excluding carboxylic acids is 1.